The number of carbonyl (C=O) groups is 1. The second-order valence-corrected chi connectivity index (χ2v) is 5.26. The molecule has 1 N–H and O–H groups in total. The molecule has 0 aliphatic heterocycles. The van der Waals surface area contributed by atoms with Crippen molar-refractivity contribution in [1.82, 2.24) is 0 Å². The minimum absolute atomic E-state index is 0.327. The van der Waals surface area contributed by atoms with Gasteiger partial charge in [0, 0.05) is 4.90 Å². The molecule has 0 aliphatic carbocycles. The predicted octanol–water partition coefficient (Wildman–Crippen LogP) is 3.65. The van der Waals surface area contributed by atoms with Crippen molar-refractivity contribution in [3.63, 3.8) is 0 Å². The minimum atomic E-state index is -0.718. The number of carboxylic acids is 1. The van der Waals surface area contributed by atoms with Crippen molar-refractivity contribution in [2.75, 3.05) is 0 Å². The summed E-state index contributed by atoms with van der Waals surface area (Å²) in [5.74, 6) is -0.718. The van der Waals surface area contributed by atoms with E-state index in [1.54, 1.807) is 0 Å². The van der Waals surface area contributed by atoms with Gasteiger partial charge >= 0.3 is 5.97 Å². The van der Waals surface area contributed by atoms with E-state index in [0.29, 0.717) is 6.42 Å². The van der Waals surface area contributed by atoms with E-state index in [0.717, 1.165) is 11.3 Å². The number of rotatable bonds is 5. The largest absolute Gasteiger partial charge is 0.480 e. The number of aliphatic carboxylic acids is 1. The fourth-order valence-corrected chi connectivity index (χ4v) is 2.62. The lowest BCUT2D eigenvalue weighted by Gasteiger charge is -2.11. The van der Waals surface area contributed by atoms with E-state index in [1.807, 2.05) is 19.1 Å². The summed E-state index contributed by atoms with van der Waals surface area (Å²) >= 11 is 1.44. The fraction of sp³-hybridized carbons (Fsp3) is 0.462. The lowest BCUT2D eigenvalue weighted by atomic mass is 10.1. The third-order valence-electron chi connectivity index (χ3n) is 2.58. The predicted molar refractivity (Wildman–Crippen MR) is 68.1 cm³/mol. The van der Waals surface area contributed by atoms with E-state index in [9.17, 15) is 4.79 Å². The molecule has 2 nitrogen and oxygen atoms in total. The monoisotopic (exact) mass is 238 g/mol. The quantitative estimate of drug-likeness (QED) is 0.796. The lowest BCUT2D eigenvalue weighted by molar-refractivity contribution is -0.136. The zero-order valence-electron chi connectivity index (χ0n) is 9.99. The Kier molecular flexibility index (Phi) is 4.87. The van der Waals surface area contributed by atoms with Gasteiger partial charge < -0.3 is 5.11 Å². The standard InChI is InChI=1S/C13H18O2S/c1-4-5-12(13(14)15)16-11-7-6-9(2)10(3)8-11/h6-8,12H,4-5H2,1-3H3,(H,14,15). The minimum Gasteiger partial charge on any atom is -0.480 e. The molecule has 0 amide bonds. The molecule has 0 aliphatic rings. The second-order valence-electron chi connectivity index (χ2n) is 3.98. The van der Waals surface area contributed by atoms with Crippen molar-refractivity contribution in [3.05, 3.63) is 29.3 Å². The first kappa shape index (κ1) is 13.1. The van der Waals surface area contributed by atoms with Crippen LogP contribution in [0.3, 0.4) is 0 Å². The molecule has 0 aromatic heterocycles. The van der Waals surface area contributed by atoms with Gasteiger partial charge in [-0.05, 0) is 43.5 Å². The second kappa shape index (κ2) is 5.94. The molecule has 1 aromatic rings. The molecule has 0 bridgehead atoms. The molecular formula is C13H18O2S. The van der Waals surface area contributed by atoms with Gasteiger partial charge in [-0.3, -0.25) is 4.79 Å². The van der Waals surface area contributed by atoms with E-state index < -0.39 is 5.97 Å². The van der Waals surface area contributed by atoms with E-state index in [2.05, 4.69) is 19.9 Å². The van der Waals surface area contributed by atoms with Crippen LogP contribution in [0, 0.1) is 13.8 Å². The highest BCUT2D eigenvalue weighted by molar-refractivity contribution is 8.00. The summed E-state index contributed by atoms with van der Waals surface area (Å²) in [4.78, 5) is 12.1. The van der Waals surface area contributed by atoms with Gasteiger partial charge in [0.15, 0.2) is 0 Å². The molecule has 88 valence electrons. The molecule has 0 fully saturated rings. The summed E-state index contributed by atoms with van der Waals surface area (Å²) in [6.07, 6.45) is 1.61. The molecule has 0 spiro atoms. The van der Waals surface area contributed by atoms with E-state index in [4.69, 9.17) is 5.11 Å². The average Bonchev–Trinajstić information content (AvgIpc) is 2.22. The van der Waals surface area contributed by atoms with Crippen molar-refractivity contribution in [2.24, 2.45) is 0 Å². The summed E-state index contributed by atoms with van der Waals surface area (Å²) < 4.78 is 0. The Morgan fingerprint density at radius 1 is 1.38 bits per heavy atom. The van der Waals surface area contributed by atoms with Gasteiger partial charge in [-0.25, -0.2) is 0 Å². The highest BCUT2D eigenvalue weighted by atomic mass is 32.2. The molecule has 0 saturated carbocycles. The van der Waals surface area contributed by atoms with Gasteiger partial charge in [-0.1, -0.05) is 19.4 Å². The van der Waals surface area contributed by atoms with Crippen molar-refractivity contribution < 1.29 is 9.90 Å². The maximum absolute atomic E-state index is 11.0. The lowest BCUT2D eigenvalue weighted by Crippen LogP contribution is -2.15. The van der Waals surface area contributed by atoms with E-state index in [-0.39, 0.29) is 5.25 Å². The summed E-state index contributed by atoms with van der Waals surface area (Å²) in [6, 6.07) is 6.10. The first-order valence-corrected chi connectivity index (χ1v) is 6.39. The number of hydrogen-bond acceptors (Lipinski definition) is 2. The van der Waals surface area contributed by atoms with Crippen LogP contribution in [0.4, 0.5) is 0 Å². The van der Waals surface area contributed by atoms with Crippen LogP contribution in [-0.4, -0.2) is 16.3 Å². The molecule has 16 heavy (non-hydrogen) atoms. The van der Waals surface area contributed by atoms with Crippen LogP contribution in [0.2, 0.25) is 0 Å². The Balaban J connectivity index is 2.77. The summed E-state index contributed by atoms with van der Waals surface area (Å²) in [5.41, 5.74) is 2.46. The zero-order chi connectivity index (χ0) is 12.1. The molecule has 1 atom stereocenters. The van der Waals surface area contributed by atoms with Crippen LogP contribution in [0.1, 0.15) is 30.9 Å². The Morgan fingerprint density at radius 2 is 2.06 bits per heavy atom. The average molecular weight is 238 g/mol. The van der Waals surface area contributed by atoms with Gasteiger partial charge in [0.2, 0.25) is 0 Å². The van der Waals surface area contributed by atoms with Crippen molar-refractivity contribution in [2.45, 2.75) is 43.8 Å². The van der Waals surface area contributed by atoms with Crippen LogP contribution in [-0.2, 0) is 4.79 Å². The molecule has 3 heteroatoms. The Bertz CT molecular complexity index is 374. The Morgan fingerprint density at radius 3 is 2.56 bits per heavy atom. The van der Waals surface area contributed by atoms with Crippen LogP contribution in [0.25, 0.3) is 0 Å². The van der Waals surface area contributed by atoms with E-state index in [1.165, 1.54) is 22.9 Å². The molecule has 1 unspecified atom stereocenters. The first-order valence-electron chi connectivity index (χ1n) is 5.51. The fourth-order valence-electron chi connectivity index (χ4n) is 1.45. The highest BCUT2D eigenvalue weighted by Gasteiger charge is 2.17. The molecular weight excluding hydrogens is 220 g/mol. The molecule has 1 aromatic carbocycles. The molecule has 0 heterocycles. The summed E-state index contributed by atoms with van der Waals surface area (Å²) in [6.45, 7) is 6.12. The molecule has 1 rings (SSSR count). The third kappa shape index (κ3) is 3.56. The van der Waals surface area contributed by atoms with Gasteiger partial charge in [0.1, 0.15) is 5.25 Å². The molecule has 0 radical (unpaired) electrons. The van der Waals surface area contributed by atoms with Crippen molar-refractivity contribution in [1.29, 1.82) is 0 Å². The number of benzene rings is 1. The van der Waals surface area contributed by atoms with Gasteiger partial charge in [-0.15, -0.1) is 11.8 Å². The van der Waals surface area contributed by atoms with Crippen molar-refractivity contribution >= 4 is 17.7 Å². The normalized spacial score (nSPS) is 12.4. The van der Waals surface area contributed by atoms with Crippen LogP contribution in [0.5, 0.6) is 0 Å². The Hall–Kier alpha value is -0.960. The number of thioether (sulfide) groups is 1. The Labute approximate surface area is 101 Å². The number of aryl methyl sites for hydroxylation is 2. The van der Waals surface area contributed by atoms with Gasteiger partial charge in [0.05, 0.1) is 0 Å². The number of carboxylic acid groups (broad SMARTS) is 1. The highest BCUT2D eigenvalue weighted by Crippen LogP contribution is 2.28. The van der Waals surface area contributed by atoms with Gasteiger partial charge in [-0.2, -0.15) is 0 Å². The van der Waals surface area contributed by atoms with Crippen LogP contribution < -0.4 is 0 Å². The first-order chi connectivity index (χ1) is 7.54. The topological polar surface area (TPSA) is 37.3 Å². The SMILES string of the molecule is CCCC(Sc1ccc(C)c(C)c1)C(=O)O. The van der Waals surface area contributed by atoms with E-state index >= 15 is 0 Å². The summed E-state index contributed by atoms with van der Waals surface area (Å²) in [7, 11) is 0. The van der Waals surface area contributed by atoms with Crippen molar-refractivity contribution in [3.8, 4) is 0 Å². The summed E-state index contributed by atoms with van der Waals surface area (Å²) in [5, 5.41) is 8.74. The third-order valence-corrected chi connectivity index (χ3v) is 3.83. The maximum Gasteiger partial charge on any atom is 0.316 e. The van der Waals surface area contributed by atoms with Crippen LogP contribution in [0.15, 0.2) is 23.1 Å². The smallest absolute Gasteiger partial charge is 0.316 e. The maximum atomic E-state index is 11.0. The molecule has 0 saturated heterocycles. The number of hydrogen-bond donors (Lipinski definition) is 1. The zero-order valence-corrected chi connectivity index (χ0v) is 10.8. The van der Waals surface area contributed by atoms with Crippen LogP contribution >= 0.6 is 11.8 Å². The van der Waals surface area contributed by atoms with Gasteiger partial charge in [0.25, 0.3) is 0 Å².